The largest absolute Gasteiger partial charge is 0.226 e. The summed E-state index contributed by atoms with van der Waals surface area (Å²) in [4.78, 5) is 13.7. The molecule has 0 amide bonds. The van der Waals surface area contributed by atoms with Crippen LogP contribution in [0.4, 0.5) is 0 Å². The summed E-state index contributed by atoms with van der Waals surface area (Å²) in [5.74, 6) is 3.22. The van der Waals surface area contributed by atoms with Gasteiger partial charge in [-0.15, -0.1) is 0 Å². The minimum atomic E-state index is 0.0319. The number of rotatable bonds is 2. The lowest BCUT2D eigenvalue weighted by Crippen LogP contribution is -2.38. The minimum Gasteiger partial charge on any atom is -0.212 e. The third-order valence-electron chi connectivity index (χ3n) is 5.55. The summed E-state index contributed by atoms with van der Waals surface area (Å²) in [6.45, 7) is 2.32. The van der Waals surface area contributed by atoms with E-state index in [2.05, 4.69) is 16.9 Å². The van der Waals surface area contributed by atoms with Crippen LogP contribution in [0.25, 0.3) is 11.4 Å². The second kappa shape index (κ2) is 5.86. The van der Waals surface area contributed by atoms with Gasteiger partial charge in [0.2, 0.25) is 5.28 Å². The van der Waals surface area contributed by atoms with Gasteiger partial charge >= 0.3 is 0 Å². The van der Waals surface area contributed by atoms with Crippen molar-refractivity contribution in [2.45, 2.75) is 50.9 Å². The van der Waals surface area contributed by atoms with Gasteiger partial charge in [-0.3, -0.25) is 0 Å². The fraction of sp³-hybridized carbons (Fsp3) is 0.526. The molecule has 1 heterocycles. The highest BCUT2D eigenvalue weighted by Crippen LogP contribution is 2.49. The van der Waals surface area contributed by atoms with Crippen molar-refractivity contribution in [1.29, 1.82) is 0 Å². The Morgan fingerprint density at radius 1 is 1.00 bits per heavy atom. The predicted molar refractivity (Wildman–Crippen MR) is 92.3 cm³/mol. The summed E-state index contributed by atoms with van der Waals surface area (Å²) >= 11 is 6.24. The van der Waals surface area contributed by atoms with Crippen LogP contribution < -0.4 is 0 Å². The fourth-order valence-corrected chi connectivity index (χ4v) is 4.81. The smallest absolute Gasteiger partial charge is 0.212 e. The number of benzene rings is 1. The van der Waals surface area contributed by atoms with Crippen molar-refractivity contribution in [3.8, 4) is 11.4 Å². The molecule has 0 aliphatic heterocycles. The van der Waals surface area contributed by atoms with Crippen LogP contribution in [0.1, 0.15) is 51.3 Å². The molecule has 2 saturated carbocycles. The zero-order chi connectivity index (χ0) is 15.9. The third-order valence-corrected chi connectivity index (χ3v) is 5.72. The summed E-state index contributed by atoms with van der Waals surface area (Å²) in [6, 6.07) is 10.0. The summed E-state index contributed by atoms with van der Waals surface area (Å²) < 4.78 is 0. The molecule has 0 saturated heterocycles. The van der Waals surface area contributed by atoms with E-state index in [1.54, 1.807) is 0 Å². The van der Waals surface area contributed by atoms with E-state index in [4.69, 9.17) is 16.6 Å². The average molecular weight is 328 g/mol. The van der Waals surface area contributed by atoms with Crippen LogP contribution in [-0.2, 0) is 5.41 Å². The van der Waals surface area contributed by atoms with Gasteiger partial charge in [-0.05, 0) is 42.7 Å². The van der Waals surface area contributed by atoms with Crippen LogP contribution in [0.15, 0.2) is 30.3 Å². The molecule has 2 fully saturated rings. The van der Waals surface area contributed by atoms with E-state index < -0.39 is 0 Å². The fourth-order valence-electron chi connectivity index (χ4n) is 4.65. The topological polar surface area (TPSA) is 38.7 Å². The molecule has 4 rings (SSSR count). The maximum atomic E-state index is 6.24. The monoisotopic (exact) mass is 327 g/mol. The molecule has 0 radical (unpaired) electrons. The molecule has 2 unspecified atom stereocenters. The van der Waals surface area contributed by atoms with Crippen molar-refractivity contribution < 1.29 is 0 Å². The number of nitrogens with zero attached hydrogens (tertiary/aromatic N) is 3. The Morgan fingerprint density at radius 2 is 1.70 bits per heavy atom. The first-order valence-corrected chi connectivity index (χ1v) is 8.98. The molecular formula is C19H22ClN3. The molecule has 0 N–H and O–H groups in total. The highest BCUT2D eigenvalue weighted by molar-refractivity contribution is 6.28. The molecule has 2 aromatic rings. The van der Waals surface area contributed by atoms with E-state index in [-0.39, 0.29) is 5.41 Å². The molecule has 2 aliphatic carbocycles. The molecule has 120 valence electrons. The highest BCUT2D eigenvalue weighted by atomic mass is 35.5. The Hall–Kier alpha value is -1.48. The Bertz CT molecular complexity index is 689. The van der Waals surface area contributed by atoms with Crippen molar-refractivity contribution in [2.75, 3.05) is 0 Å². The Balaban J connectivity index is 1.72. The number of hydrogen-bond donors (Lipinski definition) is 0. The van der Waals surface area contributed by atoms with Crippen molar-refractivity contribution in [3.05, 3.63) is 41.4 Å². The predicted octanol–water partition coefficient (Wildman–Crippen LogP) is 5.05. The van der Waals surface area contributed by atoms with Gasteiger partial charge in [0, 0.05) is 11.0 Å². The summed E-state index contributed by atoms with van der Waals surface area (Å²) in [5, 5.41) is 0.311. The van der Waals surface area contributed by atoms with Crippen LogP contribution >= 0.6 is 11.6 Å². The van der Waals surface area contributed by atoms with Gasteiger partial charge in [0.05, 0.1) is 0 Å². The van der Waals surface area contributed by atoms with Crippen molar-refractivity contribution in [2.24, 2.45) is 11.8 Å². The lowest BCUT2D eigenvalue weighted by molar-refractivity contribution is 0.115. The van der Waals surface area contributed by atoms with Crippen molar-refractivity contribution in [1.82, 2.24) is 15.0 Å². The van der Waals surface area contributed by atoms with Crippen molar-refractivity contribution in [3.63, 3.8) is 0 Å². The van der Waals surface area contributed by atoms with Gasteiger partial charge in [0.15, 0.2) is 5.82 Å². The molecular weight excluding hydrogens is 306 g/mol. The standard InChI is InChI=1S/C19H22ClN3/c1-19(11-13-6-5-7-14(10-13)12-19)17-21-16(22-18(20)23-17)15-8-3-2-4-9-15/h2-4,8-9,13-14H,5-7,10-12H2,1H3. The number of hydrogen-bond acceptors (Lipinski definition) is 3. The maximum Gasteiger partial charge on any atom is 0.226 e. The first kappa shape index (κ1) is 15.1. The molecule has 23 heavy (non-hydrogen) atoms. The van der Waals surface area contributed by atoms with Gasteiger partial charge in [-0.2, -0.15) is 4.98 Å². The Kier molecular flexibility index (Phi) is 3.84. The van der Waals surface area contributed by atoms with Crippen LogP contribution in [0.2, 0.25) is 5.28 Å². The molecule has 0 spiro atoms. The van der Waals surface area contributed by atoms with E-state index in [0.717, 1.165) is 23.2 Å². The van der Waals surface area contributed by atoms with E-state index in [1.807, 2.05) is 30.3 Å². The lowest BCUT2D eigenvalue weighted by atomic mass is 9.61. The van der Waals surface area contributed by atoms with Crippen LogP contribution in [0.5, 0.6) is 0 Å². The molecule has 3 nitrogen and oxygen atoms in total. The molecule has 2 aliphatic rings. The quantitative estimate of drug-likeness (QED) is 0.774. The van der Waals surface area contributed by atoms with Gasteiger partial charge in [-0.1, -0.05) is 56.5 Å². The maximum absolute atomic E-state index is 6.24. The third kappa shape index (κ3) is 2.99. The van der Waals surface area contributed by atoms with Gasteiger partial charge in [-0.25, -0.2) is 9.97 Å². The molecule has 2 atom stereocenters. The SMILES string of the molecule is CC1(c2nc(Cl)nc(-c3ccccc3)n2)CC2CCCC(C2)C1. The minimum absolute atomic E-state index is 0.0319. The van der Waals surface area contributed by atoms with Gasteiger partial charge in [0.25, 0.3) is 0 Å². The lowest BCUT2D eigenvalue weighted by Gasteiger charge is -2.44. The summed E-state index contributed by atoms with van der Waals surface area (Å²) in [5.41, 5.74) is 1.03. The molecule has 4 heteroatoms. The summed E-state index contributed by atoms with van der Waals surface area (Å²) in [7, 11) is 0. The zero-order valence-corrected chi connectivity index (χ0v) is 14.3. The first-order valence-electron chi connectivity index (χ1n) is 8.60. The highest BCUT2D eigenvalue weighted by Gasteiger charge is 2.42. The second-order valence-corrected chi connectivity index (χ2v) is 7.82. The molecule has 2 bridgehead atoms. The van der Waals surface area contributed by atoms with Gasteiger partial charge in [0.1, 0.15) is 5.82 Å². The molecule has 1 aromatic heterocycles. The van der Waals surface area contributed by atoms with Crippen LogP contribution in [0, 0.1) is 11.8 Å². The van der Waals surface area contributed by atoms with Crippen LogP contribution in [0.3, 0.4) is 0 Å². The second-order valence-electron chi connectivity index (χ2n) is 7.49. The summed E-state index contributed by atoms with van der Waals surface area (Å²) in [6.07, 6.45) is 7.85. The van der Waals surface area contributed by atoms with E-state index in [9.17, 15) is 0 Å². The average Bonchev–Trinajstić information content (AvgIpc) is 2.55. The zero-order valence-electron chi connectivity index (χ0n) is 13.5. The van der Waals surface area contributed by atoms with Crippen molar-refractivity contribution >= 4 is 11.6 Å². The van der Waals surface area contributed by atoms with E-state index in [1.165, 1.54) is 38.5 Å². The van der Waals surface area contributed by atoms with Gasteiger partial charge < -0.3 is 0 Å². The molecule has 1 aromatic carbocycles. The number of aromatic nitrogens is 3. The van der Waals surface area contributed by atoms with E-state index in [0.29, 0.717) is 11.1 Å². The normalized spacial score (nSPS) is 30.2. The number of fused-ring (bicyclic) bond motifs is 2. The Labute approximate surface area is 142 Å². The van der Waals surface area contributed by atoms with Crippen LogP contribution in [-0.4, -0.2) is 15.0 Å². The van der Waals surface area contributed by atoms with E-state index >= 15 is 0 Å². The number of halogens is 1. The first-order chi connectivity index (χ1) is 11.1. The Morgan fingerprint density at radius 3 is 2.39 bits per heavy atom.